The highest BCUT2D eigenvalue weighted by atomic mass is 79.9. The lowest BCUT2D eigenvalue weighted by molar-refractivity contribution is 0.267. The second-order valence-corrected chi connectivity index (χ2v) is 8.55. The van der Waals surface area contributed by atoms with Crippen LogP contribution in [0.5, 0.6) is 11.5 Å². The van der Waals surface area contributed by atoms with E-state index >= 15 is 0 Å². The van der Waals surface area contributed by atoms with Gasteiger partial charge in [-0.1, -0.05) is 41.4 Å². The van der Waals surface area contributed by atoms with Gasteiger partial charge in [-0.2, -0.15) is 0 Å². The van der Waals surface area contributed by atoms with Crippen LogP contribution in [0, 0.1) is 5.82 Å². The summed E-state index contributed by atoms with van der Waals surface area (Å²) in [5.74, 6) is 1.03. The maximum Gasteiger partial charge on any atom is 0.175 e. The molecule has 0 fully saturated rings. The van der Waals surface area contributed by atoms with Gasteiger partial charge in [0, 0.05) is 22.2 Å². The van der Waals surface area contributed by atoms with Crippen molar-refractivity contribution in [2.75, 3.05) is 13.2 Å². The minimum absolute atomic E-state index is 0.218. The largest absolute Gasteiger partial charge is 0.490 e. The van der Waals surface area contributed by atoms with Crippen molar-refractivity contribution in [3.63, 3.8) is 0 Å². The van der Waals surface area contributed by atoms with Gasteiger partial charge in [-0.05, 0) is 83.3 Å². The normalized spacial score (nSPS) is 10.9. The Bertz CT molecular complexity index is 995. The summed E-state index contributed by atoms with van der Waals surface area (Å²) in [4.78, 5) is 0. The Balaban J connectivity index is 1.64. The van der Waals surface area contributed by atoms with E-state index in [1.165, 1.54) is 12.1 Å². The molecule has 1 N–H and O–H groups in total. The summed E-state index contributed by atoms with van der Waals surface area (Å²) in [5, 5.41) is 4.53. The van der Waals surface area contributed by atoms with Crippen LogP contribution in [-0.4, -0.2) is 13.2 Å². The second-order valence-electron chi connectivity index (χ2n) is 6.88. The Hall–Kier alpha value is -1.79. The van der Waals surface area contributed by atoms with E-state index in [1.54, 1.807) is 30.3 Å². The molecule has 164 valence electrons. The molecule has 0 unspecified atom stereocenters. The molecule has 0 atom stereocenters. The Morgan fingerprint density at radius 1 is 0.968 bits per heavy atom. The standard InChI is InChI=1S/C24H23BrCl2FNO2/c1-2-30-23-13-17(14-29-11-10-16-6-8-18(28)9-7-16)12-20(25)24(23)31-15-19-21(26)4-3-5-22(19)27/h3-9,12-13,29H,2,10-11,14-15H2,1H3. The van der Waals surface area contributed by atoms with Crippen molar-refractivity contribution in [2.45, 2.75) is 26.5 Å². The maximum absolute atomic E-state index is 13.0. The molecule has 31 heavy (non-hydrogen) atoms. The van der Waals surface area contributed by atoms with Crippen molar-refractivity contribution in [2.24, 2.45) is 0 Å². The van der Waals surface area contributed by atoms with Crippen LogP contribution in [0.25, 0.3) is 0 Å². The summed E-state index contributed by atoms with van der Waals surface area (Å²) >= 11 is 16.1. The van der Waals surface area contributed by atoms with Crippen molar-refractivity contribution in [3.8, 4) is 11.5 Å². The first-order valence-corrected chi connectivity index (χ1v) is 11.5. The summed E-state index contributed by atoms with van der Waals surface area (Å²) in [5.41, 5.74) is 2.87. The first-order chi connectivity index (χ1) is 15.0. The molecule has 3 aromatic carbocycles. The highest BCUT2D eigenvalue weighted by molar-refractivity contribution is 9.10. The summed E-state index contributed by atoms with van der Waals surface area (Å²) in [6, 6.07) is 15.9. The van der Waals surface area contributed by atoms with Crippen molar-refractivity contribution in [3.05, 3.63) is 91.6 Å². The topological polar surface area (TPSA) is 30.5 Å². The number of hydrogen-bond acceptors (Lipinski definition) is 3. The molecule has 3 aromatic rings. The van der Waals surface area contributed by atoms with Gasteiger partial charge in [0.1, 0.15) is 12.4 Å². The fourth-order valence-corrected chi connectivity index (χ4v) is 4.17. The molecule has 7 heteroatoms. The molecule has 0 amide bonds. The third kappa shape index (κ3) is 6.84. The van der Waals surface area contributed by atoms with Gasteiger partial charge >= 0.3 is 0 Å². The molecule has 0 saturated heterocycles. The van der Waals surface area contributed by atoms with Crippen LogP contribution in [-0.2, 0) is 19.6 Å². The number of halogens is 4. The van der Waals surface area contributed by atoms with E-state index in [0.717, 1.165) is 34.1 Å². The highest BCUT2D eigenvalue weighted by Crippen LogP contribution is 2.38. The van der Waals surface area contributed by atoms with Gasteiger partial charge in [-0.15, -0.1) is 0 Å². The third-order valence-corrected chi connectivity index (χ3v) is 5.92. The zero-order valence-corrected chi connectivity index (χ0v) is 20.2. The van der Waals surface area contributed by atoms with Gasteiger partial charge in [0.25, 0.3) is 0 Å². The first-order valence-electron chi connectivity index (χ1n) is 9.94. The molecule has 3 rings (SSSR count). The van der Waals surface area contributed by atoms with Crippen LogP contribution >= 0.6 is 39.1 Å². The Morgan fingerprint density at radius 3 is 2.35 bits per heavy atom. The van der Waals surface area contributed by atoms with Crippen LogP contribution in [0.3, 0.4) is 0 Å². The lowest BCUT2D eigenvalue weighted by Gasteiger charge is -2.17. The van der Waals surface area contributed by atoms with E-state index in [1.807, 2.05) is 19.1 Å². The van der Waals surface area contributed by atoms with E-state index in [9.17, 15) is 4.39 Å². The third-order valence-electron chi connectivity index (χ3n) is 4.62. The molecule has 3 nitrogen and oxygen atoms in total. The second kappa shape index (κ2) is 11.7. The van der Waals surface area contributed by atoms with Crippen molar-refractivity contribution < 1.29 is 13.9 Å². The number of benzene rings is 3. The van der Waals surface area contributed by atoms with E-state index in [-0.39, 0.29) is 12.4 Å². The molecule has 0 bridgehead atoms. The lowest BCUT2D eigenvalue weighted by Crippen LogP contribution is -2.17. The summed E-state index contributed by atoms with van der Waals surface area (Å²) in [7, 11) is 0. The van der Waals surface area contributed by atoms with Crippen molar-refractivity contribution >= 4 is 39.1 Å². The zero-order valence-electron chi connectivity index (χ0n) is 17.1. The smallest absolute Gasteiger partial charge is 0.175 e. The molecular formula is C24H23BrCl2FNO2. The van der Waals surface area contributed by atoms with Gasteiger partial charge in [0.05, 0.1) is 11.1 Å². The summed E-state index contributed by atoms with van der Waals surface area (Å²) in [6.07, 6.45) is 0.819. The molecular weight excluding hydrogens is 504 g/mol. The minimum atomic E-state index is -0.218. The Labute approximate surface area is 200 Å². The first kappa shape index (κ1) is 23.9. The van der Waals surface area contributed by atoms with Gasteiger partial charge in [-0.25, -0.2) is 4.39 Å². The summed E-state index contributed by atoms with van der Waals surface area (Å²) < 4.78 is 25.6. The Morgan fingerprint density at radius 2 is 1.68 bits per heavy atom. The van der Waals surface area contributed by atoms with E-state index in [2.05, 4.69) is 21.2 Å². The van der Waals surface area contributed by atoms with Crippen LogP contribution < -0.4 is 14.8 Å². The Kier molecular flexibility index (Phi) is 9.02. The number of nitrogens with one attached hydrogen (secondary N) is 1. The van der Waals surface area contributed by atoms with Gasteiger partial charge in [0.15, 0.2) is 11.5 Å². The SMILES string of the molecule is CCOc1cc(CNCCc2ccc(F)cc2)cc(Br)c1OCc1c(Cl)cccc1Cl. The van der Waals surface area contributed by atoms with E-state index in [4.69, 9.17) is 32.7 Å². The van der Waals surface area contributed by atoms with Crippen molar-refractivity contribution in [1.29, 1.82) is 0 Å². The van der Waals surface area contributed by atoms with Crippen LogP contribution in [0.15, 0.2) is 59.1 Å². The van der Waals surface area contributed by atoms with Crippen LogP contribution in [0.2, 0.25) is 10.0 Å². The molecule has 0 aliphatic carbocycles. The van der Waals surface area contributed by atoms with E-state index in [0.29, 0.717) is 34.7 Å². The van der Waals surface area contributed by atoms with Crippen LogP contribution in [0.4, 0.5) is 4.39 Å². The molecule has 0 heterocycles. The lowest BCUT2D eigenvalue weighted by atomic mass is 10.1. The number of hydrogen-bond donors (Lipinski definition) is 1. The predicted molar refractivity (Wildman–Crippen MR) is 128 cm³/mol. The molecule has 0 spiro atoms. The molecule has 0 saturated carbocycles. The number of rotatable bonds is 10. The molecule has 0 aliphatic heterocycles. The van der Waals surface area contributed by atoms with Gasteiger partial charge in [-0.3, -0.25) is 0 Å². The van der Waals surface area contributed by atoms with Crippen molar-refractivity contribution in [1.82, 2.24) is 5.32 Å². The predicted octanol–water partition coefficient (Wildman–Crippen LogP) is 7.21. The summed E-state index contributed by atoms with van der Waals surface area (Å²) in [6.45, 7) is 4.10. The average molecular weight is 527 g/mol. The quantitative estimate of drug-likeness (QED) is 0.283. The maximum atomic E-state index is 13.0. The molecule has 0 radical (unpaired) electrons. The van der Waals surface area contributed by atoms with Gasteiger partial charge in [0.2, 0.25) is 0 Å². The van der Waals surface area contributed by atoms with Crippen LogP contribution in [0.1, 0.15) is 23.6 Å². The fourth-order valence-electron chi connectivity index (χ4n) is 3.06. The average Bonchev–Trinajstić information content (AvgIpc) is 2.74. The monoisotopic (exact) mass is 525 g/mol. The zero-order chi connectivity index (χ0) is 22.2. The van der Waals surface area contributed by atoms with Gasteiger partial charge < -0.3 is 14.8 Å². The molecule has 0 aliphatic rings. The highest BCUT2D eigenvalue weighted by Gasteiger charge is 2.14. The minimum Gasteiger partial charge on any atom is -0.490 e. The fraction of sp³-hybridized carbons (Fsp3) is 0.250. The number of ether oxygens (including phenoxy) is 2. The van der Waals surface area contributed by atoms with E-state index < -0.39 is 0 Å². The molecule has 0 aromatic heterocycles.